The third kappa shape index (κ3) is 3.79. The Morgan fingerprint density at radius 2 is 1.59 bits per heavy atom. The van der Waals surface area contributed by atoms with Gasteiger partial charge in [-0.25, -0.2) is 0 Å². The molecule has 1 aliphatic heterocycles. The van der Waals surface area contributed by atoms with E-state index >= 15 is 0 Å². The van der Waals surface area contributed by atoms with Gasteiger partial charge in [0.1, 0.15) is 0 Å². The molecule has 2 aromatic carbocycles. The predicted molar refractivity (Wildman–Crippen MR) is 113 cm³/mol. The van der Waals surface area contributed by atoms with Crippen molar-refractivity contribution in [2.45, 2.75) is 6.92 Å². The van der Waals surface area contributed by atoms with E-state index in [-0.39, 0.29) is 5.91 Å². The molecule has 0 radical (unpaired) electrons. The van der Waals surface area contributed by atoms with Gasteiger partial charge < -0.3 is 14.2 Å². The van der Waals surface area contributed by atoms with Crippen molar-refractivity contribution >= 4 is 46.0 Å². The van der Waals surface area contributed by atoms with E-state index in [4.69, 9.17) is 26.4 Å². The molecule has 0 aliphatic carbocycles. The maximum absolute atomic E-state index is 12.9. The molecule has 5 nitrogen and oxygen atoms in total. The molecule has 2 aromatic rings. The summed E-state index contributed by atoms with van der Waals surface area (Å²) < 4.78 is 16.6. The van der Waals surface area contributed by atoms with Gasteiger partial charge in [-0.15, -0.1) is 0 Å². The molecular formula is C20H19NO4S2. The van der Waals surface area contributed by atoms with Crippen molar-refractivity contribution in [3.05, 3.63) is 52.4 Å². The summed E-state index contributed by atoms with van der Waals surface area (Å²) in [6, 6.07) is 11.3. The van der Waals surface area contributed by atoms with Crippen LogP contribution in [-0.4, -0.2) is 31.6 Å². The van der Waals surface area contributed by atoms with E-state index in [1.807, 2.05) is 31.2 Å². The second-order valence-electron chi connectivity index (χ2n) is 5.81. The molecule has 1 aliphatic rings. The number of aryl methyl sites for hydroxylation is 1. The molecule has 7 heteroatoms. The molecule has 0 bridgehead atoms. The molecule has 0 spiro atoms. The summed E-state index contributed by atoms with van der Waals surface area (Å²) in [6.45, 7) is 2.00. The summed E-state index contributed by atoms with van der Waals surface area (Å²) in [5, 5.41) is 0. The lowest BCUT2D eigenvalue weighted by atomic mass is 10.1. The van der Waals surface area contributed by atoms with Crippen molar-refractivity contribution in [2.75, 3.05) is 26.2 Å². The van der Waals surface area contributed by atoms with E-state index in [0.717, 1.165) is 16.8 Å². The Labute approximate surface area is 167 Å². The lowest BCUT2D eigenvalue weighted by molar-refractivity contribution is -0.113. The number of rotatable bonds is 5. The molecular weight excluding hydrogens is 382 g/mol. The SMILES string of the molecule is COc1cc(C=C2SC(=S)N(c3ccc(C)cc3)C2=O)cc(OC)c1OC. The first-order chi connectivity index (χ1) is 13.0. The normalized spacial score (nSPS) is 15.4. The Bertz CT molecular complexity index is 897. The van der Waals surface area contributed by atoms with Crippen molar-refractivity contribution in [2.24, 2.45) is 0 Å². The average molecular weight is 402 g/mol. The molecule has 0 unspecified atom stereocenters. The molecule has 1 fully saturated rings. The highest BCUT2D eigenvalue weighted by Crippen LogP contribution is 2.41. The van der Waals surface area contributed by atoms with Gasteiger partial charge in [-0.3, -0.25) is 9.69 Å². The fourth-order valence-corrected chi connectivity index (χ4v) is 4.02. The summed E-state index contributed by atoms with van der Waals surface area (Å²) in [5.74, 6) is 1.40. The first-order valence-corrected chi connectivity index (χ1v) is 9.35. The average Bonchev–Trinajstić information content (AvgIpc) is 2.95. The number of methoxy groups -OCH3 is 3. The molecule has 1 amide bonds. The van der Waals surface area contributed by atoms with Crippen molar-refractivity contribution in [1.29, 1.82) is 0 Å². The van der Waals surface area contributed by atoms with E-state index in [0.29, 0.717) is 26.5 Å². The number of anilines is 1. The second-order valence-corrected chi connectivity index (χ2v) is 7.49. The molecule has 0 aromatic heterocycles. The lowest BCUT2D eigenvalue weighted by Gasteiger charge is -2.14. The van der Waals surface area contributed by atoms with Crippen LogP contribution in [0.25, 0.3) is 6.08 Å². The van der Waals surface area contributed by atoms with Gasteiger partial charge in [-0.1, -0.05) is 41.7 Å². The van der Waals surface area contributed by atoms with Crippen LogP contribution in [0, 0.1) is 6.92 Å². The van der Waals surface area contributed by atoms with E-state index < -0.39 is 0 Å². The van der Waals surface area contributed by atoms with Crippen LogP contribution < -0.4 is 19.1 Å². The molecule has 1 heterocycles. The van der Waals surface area contributed by atoms with Crippen LogP contribution in [0.1, 0.15) is 11.1 Å². The fourth-order valence-electron chi connectivity index (χ4n) is 2.72. The summed E-state index contributed by atoms with van der Waals surface area (Å²) in [4.78, 5) is 15.0. The lowest BCUT2D eigenvalue weighted by Crippen LogP contribution is -2.27. The maximum Gasteiger partial charge on any atom is 0.270 e. The zero-order chi connectivity index (χ0) is 19.6. The number of benzene rings is 2. The Balaban J connectivity index is 1.97. The van der Waals surface area contributed by atoms with Crippen LogP contribution in [0.4, 0.5) is 5.69 Å². The number of hydrogen-bond donors (Lipinski definition) is 0. The monoisotopic (exact) mass is 401 g/mol. The Kier molecular flexibility index (Phi) is 5.72. The minimum Gasteiger partial charge on any atom is -0.493 e. The topological polar surface area (TPSA) is 48.0 Å². The summed E-state index contributed by atoms with van der Waals surface area (Å²) in [5.41, 5.74) is 2.64. The molecule has 27 heavy (non-hydrogen) atoms. The molecule has 140 valence electrons. The van der Waals surface area contributed by atoms with Gasteiger partial charge in [0.25, 0.3) is 5.91 Å². The van der Waals surface area contributed by atoms with Crippen LogP contribution in [-0.2, 0) is 4.79 Å². The standard InChI is InChI=1S/C20H19NO4S2/c1-12-5-7-14(8-6-12)21-19(22)17(27-20(21)26)11-13-9-15(23-2)18(25-4)16(10-13)24-3/h5-11H,1-4H3. The Hall–Kier alpha value is -2.51. The van der Waals surface area contributed by atoms with Crippen LogP contribution in [0.2, 0.25) is 0 Å². The first-order valence-electron chi connectivity index (χ1n) is 8.13. The number of carbonyl (C=O) groups excluding carboxylic acids is 1. The quantitative estimate of drug-likeness (QED) is 0.546. The van der Waals surface area contributed by atoms with Crippen molar-refractivity contribution in [1.82, 2.24) is 0 Å². The number of hydrogen-bond acceptors (Lipinski definition) is 6. The van der Waals surface area contributed by atoms with Gasteiger partial charge in [0.2, 0.25) is 5.75 Å². The van der Waals surface area contributed by atoms with Crippen LogP contribution in [0.5, 0.6) is 17.2 Å². The van der Waals surface area contributed by atoms with E-state index in [1.54, 1.807) is 44.4 Å². The molecule has 0 saturated carbocycles. The molecule has 1 saturated heterocycles. The first kappa shape index (κ1) is 19.3. The predicted octanol–water partition coefficient (Wildman–Crippen LogP) is 4.43. The number of ether oxygens (including phenoxy) is 3. The zero-order valence-corrected chi connectivity index (χ0v) is 17.1. The number of nitrogens with zero attached hydrogens (tertiary/aromatic N) is 1. The van der Waals surface area contributed by atoms with Crippen LogP contribution >= 0.6 is 24.0 Å². The second kappa shape index (κ2) is 8.02. The Morgan fingerprint density at radius 1 is 1.00 bits per heavy atom. The molecule has 3 rings (SSSR count). The minimum absolute atomic E-state index is 0.150. The third-order valence-corrected chi connectivity index (χ3v) is 5.37. The maximum atomic E-state index is 12.9. The minimum atomic E-state index is -0.150. The van der Waals surface area contributed by atoms with Crippen LogP contribution in [0.15, 0.2) is 41.3 Å². The molecule has 0 atom stereocenters. The van der Waals surface area contributed by atoms with Crippen molar-refractivity contribution in [3.63, 3.8) is 0 Å². The van der Waals surface area contributed by atoms with Gasteiger partial charge in [0, 0.05) is 0 Å². The number of thiocarbonyl (C=S) groups is 1. The number of amides is 1. The number of thioether (sulfide) groups is 1. The summed E-state index contributed by atoms with van der Waals surface area (Å²) in [6.07, 6.45) is 1.78. The largest absolute Gasteiger partial charge is 0.493 e. The highest BCUT2D eigenvalue weighted by molar-refractivity contribution is 8.27. The van der Waals surface area contributed by atoms with Crippen molar-refractivity contribution in [3.8, 4) is 17.2 Å². The van der Waals surface area contributed by atoms with E-state index in [2.05, 4.69) is 0 Å². The van der Waals surface area contributed by atoms with Gasteiger partial charge in [-0.05, 0) is 42.8 Å². The highest BCUT2D eigenvalue weighted by atomic mass is 32.2. The van der Waals surface area contributed by atoms with Gasteiger partial charge >= 0.3 is 0 Å². The van der Waals surface area contributed by atoms with Gasteiger partial charge in [0.05, 0.1) is 31.9 Å². The summed E-state index contributed by atoms with van der Waals surface area (Å²) >= 11 is 6.69. The van der Waals surface area contributed by atoms with Crippen LogP contribution in [0.3, 0.4) is 0 Å². The molecule has 0 N–H and O–H groups in total. The zero-order valence-electron chi connectivity index (χ0n) is 15.4. The van der Waals surface area contributed by atoms with E-state index in [1.165, 1.54) is 11.8 Å². The summed E-state index contributed by atoms with van der Waals surface area (Å²) in [7, 11) is 4.66. The number of carbonyl (C=O) groups is 1. The highest BCUT2D eigenvalue weighted by Gasteiger charge is 2.33. The van der Waals surface area contributed by atoms with E-state index in [9.17, 15) is 4.79 Å². The van der Waals surface area contributed by atoms with Gasteiger partial charge in [-0.2, -0.15) is 0 Å². The Morgan fingerprint density at radius 3 is 2.11 bits per heavy atom. The smallest absolute Gasteiger partial charge is 0.270 e. The van der Waals surface area contributed by atoms with Gasteiger partial charge in [0.15, 0.2) is 15.8 Å². The third-order valence-electron chi connectivity index (χ3n) is 4.07. The fraction of sp³-hybridized carbons (Fsp3) is 0.200. The van der Waals surface area contributed by atoms with Crippen molar-refractivity contribution < 1.29 is 19.0 Å².